The zero-order valence-electron chi connectivity index (χ0n) is 9.38. The van der Waals surface area contributed by atoms with Gasteiger partial charge in [-0.25, -0.2) is 4.39 Å². The van der Waals surface area contributed by atoms with Crippen molar-refractivity contribution >= 4 is 5.82 Å². The highest BCUT2D eigenvalue weighted by molar-refractivity contribution is 5.38. The van der Waals surface area contributed by atoms with Gasteiger partial charge in [0.2, 0.25) is 0 Å². The second-order valence-electron chi connectivity index (χ2n) is 4.16. The minimum absolute atomic E-state index is 0.249. The first kappa shape index (κ1) is 10.3. The van der Waals surface area contributed by atoms with E-state index in [1.54, 1.807) is 18.3 Å². The van der Waals surface area contributed by atoms with Crippen molar-refractivity contribution in [3.63, 3.8) is 0 Å². The zero-order chi connectivity index (χ0) is 11.7. The fourth-order valence-corrected chi connectivity index (χ4v) is 2.04. The summed E-state index contributed by atoms with van der Waals surface area (Å²) in [5.74, 6) is 0.646. The van der Waals surface area contributed by atoms with Gasteiger partial charge in [-0.2, -0.15) is 5.10 Å². The van der Waals surface area contributed by atoms with Crippen molar-refractivity contribution in [1.82, 2.24) is 15.0 Å². The van der Waals surface area contributed by atoms with Gasteiger partial charge in [-0.15, -0.1) is 9.90 Å². The van der Waals surface area contributed by atoms with E-state index < -0.39 is 0 Å². The van der Waals surface area contributed by atoms with E-state index in [4.69, 9.17) is 0 Å². The van der Waals surface area contributed by atoms with Gasteiger partial charge in [0.15, 0.2) is 5.82 Å². The van der Waals surface area contributed by atoms with Crippen LogP contribution in [0.2, 0.25) is 0 Å². The maximum Gasteiger partial charge on any atom is 0.171 e. The summed E-state index contributed by atoms with van der Waals surface area (Å²) in [5, 5.41) is 8.60. The summed E-state index contributed by atoms with van der Waals surface area (Å²) < 4.78 is 12.8. The maximum atomic E-state index is 12.8. The lowest BCUT2D eigenvalue weighted by Crippen LogP contribution is -2.18. The number of hydrogen-bond acceptors (Lipinski definition) is 3. The van der Waals surface area contributed by atoms with E-state index in [1.807, 2.05) is 0 Å². The summed E-state index contributed by atoms with van der Waals surface area (Å²) in [7, 11) is 0. The molecule has 2 aromatic rings. The summed E-state index contributed by atoms with van der Waals surface area (Å²) >= 11 is 0. The molecule has 1 saturated heterocycles. The number of halogens is 1. The summed E-state index contributed by atoms with van der Waals surface area (Å²) in [6.07, 6.45) is 4.18. The quantitative estimate of drug-likeness (QED) is 0.794. The van der Waals surface area contributed by atoms with Crippen molar-refractivity contribution in [1.29, 1.82) is 0 Å². The molecule has 1 aromatic heterocycles. The molecular formula is C12H13FN4. The second-order valence-corrected chi connectivity index (χ2v) is 4.16. The molecule has 17 heavy (non-hydrogen) atoms. The molecule has 1 aliphatic rings. The van der Waals surface area contributed by atoms with Gasteiger partial charge in [0.25, 0.3) is 0 Å². The number of benzene rings is 1. The fourth-order valence-electron chi connectivity index (χ4n) is 2.04. The first-order valence-electron chi connectivity index (χ1n) is 5.76. The van der Waals surface area contributed by atoms with Gasteiger partial charge in [0.1, 0.15) is 5.82 Å². The Bertz CT molecular complexity index is 499. The lowest BCUT2D eigenvalue weighted by molar-refractivity contribution is 0.626. The van der Waals surface area contributed by atoms with Crippen LogP contribution in [0.4, 0.5) is 10.2 Å². The molecule has 0 aliphatic carbocycles. The van der Waals surface area contributed by atoms with E-state index in [0.29, 0.717) is 0 Å². The van der Waals surface area contributed by atoms with Crippen LogP contribution in [0, 0.1) is 5.82 Å². The molecule has 1 aromatic carbocycles. The van der Waals surface area contributed by atoms with Gasteiger partial charge >= 0.3 is 0 Å². The van der Waals surface area contributed by atoms with Gasteiger partial charge in [-0.05, 0) is 37.1 Å². The van der Waals surface area contributed by atoms with E-state index in [2.05, 4.69) is 15.1 Å². The summed E-state index contributed by atoms with van der Waals surface area (Å²) in [4.78, 5) is 3.75. The highest BCUT2D eigenvalue weighted by Crippen LogP contribution is 2.17. The monoisotopic (exact) mass is 232 g/mol. The highest BCUT2D eigenvalue weighted by atomic mass is 19.1. The van der Waals surface area contributed by atoms with Crippen molar-refractivity contribution in [3.8, 4) is 5.69 Å². The third-order valence-electron chi connectivity index (χ3n) is 2.97. The van der Waals surface area contributed by atoms with Gasteiger partial charge in [0.05, 0.1) is 11.9 Å². The van der Waals surface area contributed by atoms with Gasteiger partial charge in [-0.1, -0.05) is 0 Å². The van der Waals surface area contributed by atoms with Crippen LogP contribution in [0.15, 0.2) is 30.5 Å². The van der Waals surface area contributed by atoms with Crippen LogP contribution >= 0.6 is 0 Å². The van der Waals surface area contributed by atoms with Crippen molar-refractivity contribution in [2.45, 2.75) is 12.8 Å². The standard InChI is InChI=1S/C12H13FN4/c13-10-3-5-11(6-4-10)17-14-9-12(15-17)16-7-1-2-8-16/h3-6,9H,1-2,7-8H2. The predicted molar refractivity (Wildman–Crippen MR) is 62.8 cm³/mol. The summed E-state index contributed by atoms with van der Waals surface area (Å²) in [6, 6.07) is 6.16. The normalized spacial score (nSPS) is 15.5. The summed E-state index contributed by atoms with van der Waals surface area (Å²) in [5.41, 5.74) is 0.775. The molecular weight excluding hydrogens is 219 g/mol. The molecule has 5 heteroatoms. The van der Waals surface area contributed by atoms with Crippen LogP contribution in [0.1, 0.15) is 12.8 Å². The Balaban J connectivity index is 1.86. The van der Waals surface area contributed by atoms with E-state index in [-0.39, 0.29) is 5.82 Å². The first-order chi connectivity index (χ1) is 8.33. The van der Waals surface area contributed by atoms with Crippen molar-refractivity contribution in [3.05, 3.63) is 36.3 Å². The molecule has 3 rings (SSSR count). The summed E-state index contributed by atoms with van der Waals surface area (Å²) in [6.45, 7) is 2.09. The Morgan fingerprint density at radius 1 is 1.06 bits per heavy atom. The van der Waals surface area contributed by atoms with Crippen LogP contribution in [0.5, 0.6) is 0 Å². The molecule has 0 N–H and O–H groups in total. The largest absolute Gasteiger partial charge is 0.354 e. The third kappa shape index (κ3) is 2.00. The second kappa shape index (κ2) is 4.16. The predicted octanol–water partition coefficient (Wildman–Crippen LogP) is 2.01. The van der Waals surface area contributed by atoms with Crippen molar-refractivity contribution in [2.75, 3.05) is 18.0 Å². The molecule has 1 aliphatic heterocycles. The lowest BCUT2D eigenvalue weighted by atomic mass is 10.3. The highest BCUT2D eigenvalue weighted by Gasteiger charge is 2.15. The minimum Gasteiger partial charge on any atom is -0.354 e. The first-order valence-corrected chi connectivity index (χ1v) is 5.76. The molecule has 2 heterocycles. The Kier molecular flexibility index (Phi) is 2.51. The Labute approximate surface area is 98.7 Å². The van der Waals surface area contributed by atoms with Crippen molar-refractivity contribution < 1.29 is 4.39 Å². The third-order valence-corrected chi connectivity index (χ3v) is 2.97. The fraction of sp³-hybridized carbons (Fsp3) is 0.333. The van der Waals surface area contributed by atoms with Gasteiger partial charge in [0, 0.05) is 13.1 Å². The number of hydrogen-bond donors (Lipinski definition) is 0. The Hall–Kier alpha value is -1.91. The van der Waals surface area contributed by atoms with E-state index in [0.717, 1.165) is 24.6 Å². The van der Waals surface area contributed by atoms with E-state index in [9.17, 15) is 4.39 Å². The topological polar surface area (TPSA) is 34.0 Å². The molecule has 0 radical (unpaired) electrons. The van der Waals surface area contributed by atoms with Crippen molar-refractivity contribution in [2.24, 2.45) is 0 Å². The van der Waals surface area contributed by atoms with E-state index in [1.165, 1.54) is 29.8 Å². The number of rotatable bonds is 2. The lowest BCUT2D eigenvalue weighted by Gasteiger charge is -2.11. The van der Waals surface area contributed by atoms with Crippen LogP contribution in [-0.4, -0.2) is 28.1 Å². The average Bonchev–Trinajstić information content (AvgIpc) is 3.00. The molecule has 0 saturated carbocycles. The maximum absolute atomic E-state index is 12.8. The zero-order valence-corrected chi connectivity index (χ0v) is 9.38. The molecule has 0 spiro atoms. The van der Waals surface area contributed by atoms with Crippen LogP contribution in [0.3, 0.4) is 0 Å². The van der Waals surface area contributed by atoms with Gasteiger partial charge in [-0.3, -0.25) is 0 Å². The number of aromatic nitrogens is 3. The SMILES string of the molecule is Fc1ccc(-n2ncc(N3CCCC3)n2)cc1. The van der Waals surface area contributed by atoms with Crippen LogP contribution < -0.4 is 4.90 Å². The van der Waals surface area contributed by atoms with Crippen LogP contribution in [-0.2, 0) is 0 Å². The molecule has 4 nitrogen and oxygen atoms in total. The molecule has 1 fully saturated rings. The Morgan fingerprint density at radius 3 is 2.47 bits per heavy atom. The molecule has 0 bridgehead atoms. The van der Waals surface area contributed by atoms with Crippen LogP contribution in [0.25, 0.3) is 5.69 Å². The average molecular weight is 232 g/mol. The molecule has 0 unspecified atom stereocenters. The molecule has 0 amide bonds. The number of anilines is 1. The number of nitrogens with zero attached hydrogens (tertiary/aromatic N) is 4. The van der Waals surface area contributed by atoms with E-state index >= 15 is 0 Å². The minimum atomic E-state index is -0.249. The van der Waals surface area contributed by atoms with Gasteiger partial charge < -0.3 is 4.90 Å². The smallest absolute Gasteiger partial charge is 0.171 e. The molecule has 88 valence electrons. The Morgan fingerprint density at radius 2 is 1.76 bits per heavy atom. The molecule has 0 atom stereocenters.